The number of fused-ring (bicyclic) bond motifs is 1. The molecule has 2 N–H and O–H groups in total. The summed E-state index contributed by atoms with van der Waals surface area (Å²) in [4.78, 5) is 37.4. The first kappa shape index (κ1) is 36.9. The molecule has 1 atom stereocenters. The molecule has 2 saturated heterocycles. The maximum absolute atomic E-state index is 11.8. The molecule has 0 unspecified atom stereocenters. The molecule has 53 heavy (non-hydrogen) atoms. The summed E-state index contributed by atoms with van der Waals surface area (Å²) >= 11 is 14.3. The Balaban J connectivity index is 1.11. The second-order valence-corrected chi connectivity index (χ2v) is 14.9. The Kier molecular flexibility index (Phi) is 11.0. The molecule has 2 fully saturated rings. The topological polar surface area (TPSA) is 105 Å². The van der Waals surface area contributed by atoms with Crippen LogP contribution >= 0.6 is 23.2 Å². The quantitative estimate of drug-likeness (QED) is 0.148. The number of hydrogen-bond acceptors (Lipinski definition) is 7. The van der Waals surface area contributed by atoms with Crippen molar-refractivity contribution in [3.63, 3.8) is 0 Å². The fourth-order valence-electron chi connectivity index (χ4n) is 7.67. The molecule has 276 valence electrons. The van der Waals surface area contributed by atoms with Crippen molar-refractivity contribution in [2.24, 2.45) is 7.05 Å². The van der Waals surface area contributed by atoms with E-state index < -0.39 is 0 Å². The van der Waals surface area contributed by atoms with Crippen LogP contribution in [0.2, 0.25) is 10.0 Å². The average Bonchev–Trinajstić information content (AvgIpc) is 3.72. The number of rotatable bonds is 11. The lowest BCUT2D eigenvalue weighted by atomic mass is 9.99. The van der Waals surface area contributed by atoms with Gasteiger partial charge in [0.1, 0.15) is 11.4 Å². The monoisotopic (exact) mass is 753 g/mol. The zero-order chi connectivity index (χ0) is 37.2. The standard InChI is InChI=1S/C41H45Cl2N7O3/c1-25(51)50-18-15-30(16-19-50)48(2)23-28-24-49(3)41-31(28)11-12-35(47-41)34-7-5-6-32(38(34)42)33-14-17-45-40(39(33)43)26-8-9-27(36(20-26)53-4)21-44-22-29-10-13-37(52)46-29/h5-9,11-12,14,17,20,24,29-30,44H,10,13,15-16,18-19,21-23H2,1-4H3,(H,46,52)/t29-/m1/s1. The molecule has 2 aliphatic heterocycles. The van der Waals surface area contributed by atoms with E-state index >= 15 is 0 Å². The minimum absolute atomic E-state index is 0.109. The number of methoxy groups -OCH3 is 1. The Hall–Kier alpha value is -4.48. The van der Waals surface area contributed by atoms with Crippen molar-refractivity contribution in [3.05, 3.63) is 88.2 Å². The van der Waals surface area contributed by atoms with Crippen LogP contribution in [0.3, 0.4) is 0 Å². The van der Waals surface area contributed by atoms with Crippen molar-refractivity contribution < 1.29 is 14.3 Å². The Morgan fingerprint density at radius 1 is 1.02 bits per heavy atom. The highest BCUT2D eigenvalue weighted by Gasteiger charge is 2.25. The number of carbonyl (C=O) groups excluding carboxylic acids is 2. The largest absolute Gasteiger partial charge is 0.496 e. The minimum Gasteiger partial charge on any atom is -0.496 e. The first-order chi connectivity index (χ1) is 25.6. The van der Waals surface area contributed by atoms with Crippen LogP contribution in [0.15, 0.2) is 67.0 Å². The summed E-state index contributed by atoms with van der Waals surface area (Å²) in [6.45, 7) is 5.36. The highest BCUT2D eigenvalue weighted by molar-refractivity contribution is 6.39. The predicted octanol–water partition coefficient (Wildman–Crippen LogP) is 7.10. The molecule has 0 aliphatic carbocycles. The van der Waals surface area contributed by atoms with Crippen LogP contribution in [0, 0.1) is 0 Å². The van der Waals surface area contributed by atoms with E-state index in [1.165, 1.54) is 5.56 Å². The van der Waals surface area contributed by atoms with Crippen LogP contribution in [-0.2, 0) is 29.7 Å². The van der Waals surface area contributed by atoms with Crippen molar-refractivity contribution in [1.29, 1.82) is 0 Å². The van der Waals surface area contributed by atoms with Gasteiger partial charge in [-0.25, -0.2) is 4.98 Å². The van der Waals surface area contributed by atoms with Gasteiger partial charge in [-0.3, -0.25) is 19.5 Å². The second-order valence-electron chi connectivity index (χ2n) is 14.1. The lowest BCUT2D eigenvalue weighted by Gasteiger charge is -2.36. The molecule has 2 aromatic carbocycles. The molecule has 5 heterocycles. The molecule has 2 amide bonds. The molecule has 0 bridgehead atoms. The van der Waals surface area contributed by atoms with Gasteiger partial charge in [0.25, 0.3) is 0 Å². The fraction of sp³-hybridized carbons (Fsp3) is 0.366. The number of amides is 2. The van der Waals surface area contributed by atoms with Gasteiger partial charge < -0.3 is 24.8 Å². The zero-order valence-corrected chi connectivity index (χ0v) is 32.1. The average molecular weight is 755 g/mol. The smallest absolute Gasteiger partial charge is 0.220 e. The maximum Gasteiger partial charge on any atom is 0.220 e. The zero-order valence-electron chi connectivity index (χ0n) is 30.6. The number of halogens is 2. The van der Waals surface area contributed by atoms with Crippen LogP contribution in [0.1, 0.15) is 43.7 Å². The van der Waals surface area contributed by atoms with E-state index in [-0.39, 0.29) is 17.9 Å². The van der Waals surface area contributed by atoms with Gasteiger partial charge in [-0.15, -0.1) is 0 Å². The van der Waals surface area contributed by atoms with Crippen molar-refractivity contribution in [1.82, 2.24) is 35.0 Å². The van der Waals surface area contributed by atoms with Gasteiger partial charge >= 0.3 is 0 Å². The van der Waals surface area contributed by atoms with E-state index in [0.717, 1.165) is 89.2 Å². The number of hydrogen-bond donors (Lipinski definition) is 2. The van der Waals surface area contributed by atoms with Crippen LogP contribution in [0.5, 0.6) is 5.75 Å². The molecule has 5 aromatic rings. The summed E-state index contributed by atoms with van der Waals surface area (Å²) in [5, 5.41) is 8.58. The fourth-order valence-corrected chi connectivity index (χ4v) is 8.32. The molecule has 2 aliphatic rings. The Morgan fingerprint density at radius 3 is 2.53 bits per heavy atom. The first-order valence-electron chi connectivity index (χ1n) is 18.1. The summed E-state index contributed by atoms with van der Waals surface area (Å²) in [5.41, 5.74) is 7.70. The Bertz CT molecular complexity index is 2160. The first-order valence-corrected chi connectivity index (χ1v) is 18.9. The summed E-state index contributed by atoms with van der Waals surface area (Å²) in [6, 6.07) is 18.5. The third kappa shape index (κ3) is 7.78. The summed E-state index contributed by atoms with van der Waals surface area (Å²) in [7, 11) is 5.85. The normalized spacial score (nSPS) is 16.5. The molecule has 12 heteroatoms. The van der Waals surface area contributed by atoms with Crippen molar-refractivity contribution in [2.45, 2.75) is 57.8 Å². The Morgan fingerprint density at radius 2 is 1.79 bits per heavy atom. The number of aryl methyl sites for hydroxylation is 1. The number of piperidine rings is 1. The molecular weight excluding hydrogens is 709 g/mol. The number of nitrogens with zero attached hydrogens (tertiary/aromatic N) is 5. The number of likely N-dealkylation sites (tertiary alicyclic amines) is 1. The third-order valence-electron chi connectivity index (χ3n) is 10.7. The summed E-state index contributed by atoms with van der Waals surface area (Å²) in [5.74, 6) is 0.987. The predicted molar refractivity (Wildman–Crippen MR) is 211 cm³/mol. The van der Waals surface area contributed by atoms with Gasteiger partial charge in [0.15, 0.2) is 0 Å². The number of benzene rings is 2. The van der Waals surface area contributed by atoms with Crippen molar-refractivity contribution in [2.75, 3.05) is 33.8 Å². The molecule has 10 nitrogen and oxygen atoms in total. The third-order valence-corrected chi connectivity index (χ3v) is 11.5. The van der Waals surface area contributed by atoms with E-state index in [0.29, 0.717) is 41.3 Å². The van der Waals surface area contributed by atoms with E-state index in [2.05, 4.69) is 44.4 Å². The van der Waals surface area contributed by atoms with E-state index in [1.807, 2.05) is 60.5 Å². The molecule has 0 spiro atoms. The van der Waals surface area contributed by atoms with Gasteiger partial charge in [0.2, 0.25) is 11.8 Å². The van der Waals surface area contributed by atoms with Gasteiger partial charge in [-0.05, 0) is 56.1 Å². The van der Waals surface area contributed by atoms with Crippen LogP contribution < -0.4 is 15.4 Å². The van der Waals surface area contributed by atoms with Gasteiger partial charge in [-0.2, -0.15) is 0 Å². The van der Waals surface area contributed by atoms with E-state index in [1.54, 1.807) is 20.2 Å². The number of pyridine rings is 2. The number of nitrogens with one attached hydrogen (secondary N) is 2. The number of aromatic nitrogens is 3. The lowest BCUT2D eigenvalue weighted by molar-refractivity contribution is -0.130. The molecule has 0 saturated carbocycles. The SMILES string of the molecule is COc1cc(-c2nccc(-c3cccc(-c4ccc5c(CN(C)C6CCN(C(C)=O)CC6)cn(C)c5n4)c3Cl)c2Cl)ccc1CNC[C@H]1CCC(=O)N1. The number of carbonyl (C=O) groups is 2. The molecule has 0 radical (unpaired) electrons. The lowest BCUT2D eigenvalue weighted by Crippen LogP contribution is -2.44. The highest BCUT2D eigenvalue weighted by atomic mass is 35.5. The molecule has 3 aromatic heterocycles. The summed E-state index contributed by atoms with van der Waals surface area (Å²) in [6.07, 6.45) is 7.29. The van der Waals surface area contributed by atoms with E-state index in [9.17, 15) is 9.59 Å². The van der Waals surface area contributed by atoms with Gasteiger partial charge in [0, 0.05) is 111 Å². The minimum atomic E-state index is 0.109. The van der Waals surface area contributed by atoms with Crippen molar-refractivity contribution in [3.8, 4) is 39.4 Å². The van der Waals surface area contributed by atoms with Crippen LogP contribution in [0.4, 0.5) is 0 Å². The maximum atomic E-state index is 11.8. The highest BCUT2D eigenvalue weighted by Crippen LogP contribution is 2.42. The summed E-state index contributed by atoms with van der Waals surface area (Å²) < 4.78 is 7.84. The van der Waals surface area contributed by atoms with Crippen molar-refractivity contribution >= 4 is 46.0 Å². The van der Waals surface area contributed by atoms with Crippen LogP contribution in [-0.4, -0.2) is 82.0 Å². The number of ether oxygens (including phenoxy) is 1. The second kappa shape index (κ2) is 15.9. The van der Waals surface area contributed by atoms with E-state index in [4.69, 9.17) is 32.9 Å². The van der Waals surface area contributed by atoms with Gasteiger partial charge in [-0.1, -0.05) is 53.5 Å². The Labute approximate surface area is 320 Å². The van der Waals surface area contributed by atoms with Gasteiger partial charge in [0.05, 0.1) is 28.5 Å². The molecule has 7 rings (SSSR count). The van der Waals surface area contributed by atoms with Crippen LogP contribution in [0.25, 0.3) is 44.7 Å². The molecular formula is C41H45Cl2N7O3.